The highest BCUT2D eigenvalue weighted by Gasteiger charge is 2.10. The van der Waals surface area contributed by atoms with Crippen LogP contribution in [-0.2, 0) is 17.9 Å². The number of aromatic amines is 1. The molecule has 4 aromatic rings. The van der Waals surface area contributed by atoms with Crippen molar-refractivity contribution >= 4 is 28.7 Å². The Morgan fingerprint density at radius 3 is 2.67 bits per heavy atom. The second-order valence-corrected chi connectivity index (χ2v) is 7.14. The topological polar surface area (TPSA) is 98.9 Å². The first-order valence-electron chi connectivity index (χ1n) is 10.2. The number of carbonyl (C=O) groups excluding carboxylic acids is 2. The van der Waals surface area contributed by atoms with Crippen LogP contribution in [-0.4, -0.2) is 21.9 Å². The Morgan fingerprint density at radius 2 is 1.82 bits per heavy atom. The minimum Gasteiger partial charge on any atom is -0.343 e. The summed E-state index contributed by atoms with van der Waals surface area (Å²) in [6.45, 7) is 0.394. The molecule has 33 heavy (non-hydrogen) atoms. The van der Waals surface area contributed by atoms with E-state index in [1.165, 1.54) is 6.20 Å². The second-order valence-electron chi connectivity index (χ2n) is 7.14. The minimum absolute atomic E-state index is 0.149. The summed E-state index contributed by atoms with van der Waals surface area (Å²) in [7, 11) is 0. The van der Waals surface area contributed by atoms with Crippen LogP contribution in [0.15, 0.2) is 73.1 Å². The van der Waals surface area contributed by atoms with Crippen LogP contribution >= 0.6 is 0 Å². The largest absolute Gasteiger partial charge is 0.343 e. The third-order valence-corrected chi connectivity index (χ3v) is 4.78. The number of nitrogens with zero attached hydrogens (tertiary/aromatic N) is 1. The Hall–Kier alpha value is -4.64. The third kappa shape index (κ3) is 5.74. The van der Waals surface area contributed by atoms with E-state index in [0.29, 0.717) is 22.3 Å². The minimum atomic E-state index is -0.428. The summed E-state index contributed by atoms with van der Waals surface area (Å²) in [5.74, 6) is 4.51. The Kier molecular flexibility index (Phi) is 6.61. The maximum atomic E-state index is 13.9. The molecule has 0 fully saturated rings. The molecule has 0 spiro atoms. The number of benzene rings is 2. The molecule has 3 amide bonds. The molecule has 2 aromatic carbocycles. The zero-order chi connectivity index (χ0) is 23.0. The van der Waals surface area contributed by atoms with Crippen molar-refractivity contribution in [2.45, 2.75) is 13.1 Å². The lowest BCUT2D eigenvalue weighted by Crippen LogP contribution is -2.34. The van der Waals surface area contributed by atoms with Crippen LogP contribution in [0, 0.1) is 17.7 Å². The fourth-order valence-electron chi connectivity index (χ4n) is 3.22. The van der Waals surface area contributed by atoms with Crippen molar-refractivity contribution < 1.29 is 14.0 Å². The molecule has 0 aliphatic rings. The van der Waals surface area contributed by atoms with Crippen molar-refractivity contribution in [3.63, 3.8) is 0 Å². The van der Waals surface area contributed by atoms with Gasteiger partial charge in [-0.3, -0.25) is 4.79 Å². The molecule has 0 aliphatic heterocycles. The number of fused-ring (bicyclic) bond motifs is 1. The Balaban J connectivity index is 1.29. The SMILES string of the molecule is O=C(C#Cc1ccccc1)Nc1cccc(CNC(=O)NCc2ccnc3[nH]cc(F)c23)c1. The number of hydrogen-bond donors (Lipinski definition) is 4. The van der Waals surface area contributed by atoms with Gasteiger partial charge in [0.1, 0.15) is 11.5 Å². The molecule has 7 nitrogen and oxygen atoms in total. The number of urea groups is 1. The lowest BCUT2D eigenvalue weighted by Gasteiger charge is -2.09. The van der Waals surface area contributed by atoms with Gasteiger partial charge in [0.05, 0.1) is 5.39 Å². The number of carbonyl (C=O) groups is 2. The van der Waals surface area contributed by atoms with Crippen LogP contribution in [0.1, 0.15) is 16.7 Å². The zero-order valence-electron chi connectivity index (χ0n) is 17.5. The summed E-state index contributed by atoms with van der Waals surface area (Å²) in [6, 6.07) is 17.6. The maximum Gasteiger partial charge on any atom is 0.315 e. The lowest BCUT2D eigenvalue weighted by atomic mass is 10.2. The van der Waals surface area contributed by atoms with Crippen molar-refractivity contribution in [2.24, 2.45) is 0 Å². The average Bonchev–Trinajstić information content (AvgIpc) is 3.22. The Labute approximate surface area is 189 Å². The molecule has 0 saturated heterocycles. The first-order chi connectivity index (χ1) is 16.1. The number of halogens is 1. The number of H-pyrrole nitrogens is 1. The van der Waals surface area contributed by atoms with Crippen molar-refractivity contribution in [3.05, 3.63) is 95.6 Å². The molecule has 2 heterocycles. The normalized spacial score (nSPS) is 10.2. The Bertz CT molecular complexity index is 1360. The van der Waals surface area contributed by atoms with Crippen LogP contribution in [0.3, 0.4) is 0 Å². The van der Waals surface area contributed by atoms with Gasteiger partial charge in [-0.1, -0.05) is 36.3 Å². The van der Waals surface area contributed by atoms with Crippen molar-refractivity contribution in [3.8, 4) is 11.8 Å². The van der Waals surface area contributed by atoms with Gasteiger partial charge in [0.15, 0.2) is 0 Å². The van der Waals surface area contributed by atoms with Gasteiger partial charge >= 0.3 is 11.9 Å². The zero-order valence-corrected chi connectivity index (χ0v) is 17.5. The quantitative estimate of drug-likeness (QED) is 0.356. The molecule has 0 saturated carbocycles. The molecule has 0 atom stereocenters. The number of amides is 3. The van der Waals surface area contributed by atoms with E-state index in [0.717, 1.165) is 11.1 Å². The summed E-state index contributed by atoms with van der Waals surface area (Å²) in [5.41, 5.74) is 3.17. The molecule has 0 unspecified atom stereocenters. The fraction of sp³-hybridized carbons (Fsp3) is 0.0800. The summed E-state index contributed by atoms with van der Waals surface area (Å²) >= 11 is 0. The van der Waals surface area contributed by atoms with Crippen LogP contribution in [0.5, 0.6) is 0 Å². The van der Waals surface area contributed by atoms with Gasteiger partial charge in [0, 0.05) is 42.7 Å². The van der Waals surface area contributed by atoms with E-state index in [9.17, 15) is 14.0 Å². The fourth-order valence-corrected chi connectivity index (χ4v) is 3.22. The molecule has 0 bridgehead atoms. The van der Waals surface area contributed by atoms with Crippen molar-refractivity contribution in [2.75, 3.05) is 5.32 Å². The highest BCUT2D eigenvalue weighted by atomic mass is 19.1. The molecule has 2 aromatic heterocycles. The number of hydrogen-bond acceptors (Lipinski definition) is 3. The van der Waals surface area contributed by atoms with Crippen LogP contribution in [0.25, 0.3) is 11.0 Å². The lowest BCUT2D eigenvalue weighted by molar-refractivity contribution is -0.111. The molecule has 4 N–H and O–H groups in total. The van der Waals surface area contributed by atoms with Gasteiger partial charge < -0.3 is 20.9 Å². The van der Waals surface area contributed by atoms with Gasteiger partial charge in [-0.15, -0.1) is 0 Å². The van der Waals surface area contributed by atoms with Gasteiger partial charge in [-0.25, -0.2) is 14.2 Å². The Morgan fingerprint density at radius 1 is 1.00 bits per heavy atom. The standard InChI is InChI=1S/C25H20FN5O2/c26-21-16-28-24-23(21)19(11-12-27-24)15-30-25(33)29-14-18-7-4-8-20(13-18)31-22(32)10-9-17-5-2-1-3-6-17/h1-8,11-13,16H,14-15H2,(H,27,28)(H,31,32)(H2,29,30,33). The van der Waals surface area contributed by atoms with Gasteiger partial charge in [-0.2, -0.15) is 0 Å². The first kappa shape index (κ1) is 21.6. The van der Waals surface area contributed by atoms with E-state index in [1.54, 1.807) is 30.5 Å². The number of aromatic nitrogens is 2. The number of pyridine rings is 1. The number of anilines is 1. The predicted molar refractivity (Wildman–Crippen MR) is 124 cm³/mol. The van der Waals surface area contributed by atoms with Crippen LogP contribution < -0.4 is 16.0 Å². The van der Waals surface area contributed by atoms with E-state index in [4.69, 9.17) is 0 Å². The molecule has 8 heteroatoms. The van der Waals surface area contributed by atoms with E-state index < -0.39 is 17.8 Å². The van der Waals surface area contributed by atoms with Crippen molar-refractivity contribution in [1.29, 1.82) is 0 Å². The molecule has 164 valence electrons. The molecule has 0 aliphatic carbocycles. The van der Waals surface area contributed by atoms with E-state index >= 15 is 0 Å². The predicted octanol–water partition coefficient (Wildman–Crippen LogP) is 3.69. The van der Waals surface area contributed by atoms with Gasteiger partial charge in [-0.05, 0) is 41.5 Å². The summed E-state index contributed by atoms with van der Waals surface area (Å²) in [5, 5.41) is 8.54. The third-order valence-electron chi connectivity index (χ3n) is 4.78. The number of rotatable bonds is 5. The highest BCUT2D eigenvalue weighted by Crippen LogP contribution is 2.19. The van der Waals surface area contributed by atoms with E-state index in [1.807, 2.05) is 36.4 Å². The van der Waals surface area contributed by atoms with Gasteiger partial charge in [0.25, 0.3) is 0 Å². The average molecular weight is 441 g/mol. The second kappa shape index (κ2) is 10.1. The van der Waals surface area contributed by atoms with Crippen LogP contribution in [0.4, 0.5) is 14.9 Å². The molecular weight excluding hydrogens is 421 g/mol. The monoisotopic (exact) mass is 441 g/mol. The molecular formula is C25H20FN5O2. The first-order valence-corrected chi connectivity index (χ1v) is 10.2. The molecule has 0 radical (unpaired) electrons. The summed E-state index contributed by atoms with van der Waals surface area (Å²) in [4.78, 5) is 31.1. The number of nitrogens with one attached hydrogen (secondary N) is 4. The summed E-state index contributed by atoms with van der Waals surface area (Å²) < 4.78 is 13.9. The molecule has 4 rings (SSSR count). The van der Waals surface area contributed by atoms with Crippen LogP contribution in [0.2, 0.25) is 0 Å². The highest BCUT2D eigenvalue weighted by molar-refractivity contribution is 6.04. The smallest absolute Gasteiger partial charge is 0.315 e. The van der Waals surface area contributed by atoms with E-state index in [-0.39, 0.29) is 13.1 Å². The summed E-state index contributed by atoms with van der Waals surface area (Å²) in [6.07, 6.45) is 2.79. The van der Waals surface area contributed by atoms with Crippen molar-refractivity contribution in [1.82, 2.24) is 20.6 Å². The maximum absolute atomic E-state index is 13.9. The van der Waals surface area contributed by atoms with Gasteiger partial charge in [0.2, 0.25) is 0 Å². The van der Waals surface area contributed by atoms with E-state index in [2.05, 4.69) is 37.8 Å².